The van der Waals surface area contributed by atoms with Crippen LogP contribution in [-0.4, -0.2) is 24.9 Å². The molecule has 0 radical (unpaired) electrons. The van der Waals surface area contributed by atoms with E-state index >= 15 is 0 Å². The lowest BCUT2D eigenvalue weighted by Crippen LogP contribution is -1.96. The van der Waals surface area contributed by atoms with Crippen molar-refractivity contribution in [2.45, 2.75) is 24.8 Å². The number of hydrogen-bond acceptors (Lipinski definition) is 6. The van der Waals surface area contributed by atoms with Crippen molar-refractivity contribution in [1.82, 2.24) is 24.9 Å². The van der Waals surface area contributed by atoms with Crippen molar-refractivity contribution < 1.29 is 4.52 Å². The zero-order chi connectivity index (χ0) is 18.8. The number of benzene rings is 2. The van der Waals surface area contributed by atoms with Crippen LogP contribution in [0.25, 0.3) is 17.1 Å². The summed E-state index contributed by atoms with van der Waals surface area (Å²) in [5.74, 6) is 1.61. The van der Waals surface area contributed by atoms with Crippen LogP contribution in [0.2, 0.25) is 5.02 Å². The average Bonchev–Trinajstić information content (AvgIpc) is 3.32. The first-order valence-electron chi connectivity index (χ1n) is 8.29. The Hall–Kier alpha value is -2.64. The second kappa shape index (κ2) is 7.54. The maximum Gasteiger partial charge on any atom is 0.237 e. The minimum atomic E-state index is 0.497. The molecule has 0 aliphatic rings. The topological polar surface area (TPSA) is 69.6 Å². The summed E-state index contributed by atoms with van der Waals surface area (Å²) in [5, 5.41) is 13.7. The largest absolute Gasteiger partial charge is 0.338 e. The molecule has 0 fully saturated rings. The molecule has 0 unspecified atom stereocenters. The SMILES string of the molecule is Cc1ccc(-c2noc(CSc3nncn3-c3ccc(C)c(Cl)c3)n2)cc1. The van der Waals surface area contributed by atoms with Gasteiger partial charge >= 0.3 is 0 Å². The van der Waals surface area contributed by atoms with Crippen LogP contribution in [0, 0.1) is 13.8 Å². The molecule has 27 heavy (non-hydrogen) atoms. The van der Waals surface area contributed by atoms with Crippen LogP contribution in [0.3, 0.4) is 0 Å². The van der Waals surface area contributed by atoms with E-state index in [0.29, 0.717) is 22.5 Å². The standard InChI is InChI=1S/C19H16ClN5OS/c1-12-3-6-14(7-4-12)18-22-17(26-24-18)10-27-19-23-21-11-25(19)15-8-5-13(2)16(20)9-15/h3-9,11H,10H2,1-2H3. The fourth-order valence-electron chi connectivity index (χ4n) is 2.49. The van der Waals surface area contributed by atoms with Crippen molar-refractivity contribution in [2.24, 2.45) is 0 Å². The summed E-state index contributed by atoms with van der Waals surface area (Å²) in [4.78, 5) is 4.46. The molecule has 0 atom stereocenters. The fourth-order valence-corrected chi connectivity index (χ4v) is 3.43. The van der Waals surface area contributed by atoms with Crippen molar-refractivity contribution in [3.05, 3.63) is 70.8 Å². The molecule has 0 aliphatic heterocycles. The number of rotatable bonds is 5. The predicted octanol–water partition coefficient (Wildman–Crippen LogP) is 4.88. The molecule has 0 saturated carbocycles. The Bertz CT molecular complexity index is 1070. The van der Waals surface area contributed by atoms with Crippen LogP contribution in [0.15, 0.2) is 58.5 Å². The van der Waals surface area contributed by atoms with Gasteiger partial charge in [0, 0.05) is 10.6 Å². The van der Waals surface area contributed by atoms with Gasteiger partial charge in [0.2, 0.25) is 11.7 Å². The van der Waals surface area contributed by atoms with E-state index in [2.05, 4.69) is 20.3 Å². The van der Waals surface area contributed by atoms with Crippen molar-refractivity contribution in [3.8, 4) is 17.1 Å². The Morgan fingerprint density at radius 1 is 1.11 bits per heavy atom. The van der Waals surface area contributed by atoms with Gasteiger partial charge in [0.25, 0.3) is 0 Å². The molecule has 2 heterocycles. The van der Waals surface area contributed by atoms with Crippen molar-refractivity contribution in [2.75, 3.05) is 0 Å². The molecular weight excluding hydrogens is 382 g/mol. The highest BCUT2D eigenvalue weighted by Gasteiger charge is 2.13. The highest BCUT2D eigenvalue weighted by Crippen LogP contribution is 2.26. The minimum absolute atomic E-state index is 0.497. The number of aryl methyl sites for hydroxylation is 2. The molecule has 0 N–H and O–H groups in total. The number of nitrogens with zero attached hydrogens (tertiary/aromatic N) is 5. The lowest BCUT2D eigenvalue weighted by Gasteiger charge is -2.07. The molecule has 2 aromatic heterocycles. The average molecular weight is 398 g/mol. The normalized spacial score (nSPS) is 11.1. The van der Waals surface area contributed by atoms with Crippen LogP contribution < -0.4 is 0 Å². The quantitative estimate of drug-likeness (QED) is 0.447. The first-order chi connectivity index (χ1) is 13.1. The van der Waals surface area contributed by atoms with E-state index in [0.717, 1.165) is 22.0 Å². The predicted molar refractivity (Wildman–Crippen MR) is 105 cm³/mol. The zero-order valence-corrected chi connectivity index (χ0v) is 16.3. The van der Waals surface area contributed by atoms with Gasteiger partial charge in [-0.2, -0.15) is 4.98 Å². The first-order valence-corrected chi connectivity index (χ1v) is 9.65. The molecule has 4 aromatic rings. The van der Waals surface area contributed by atoms with Gasteiger partial charge in [0.05, 0.1) is 11.4 Å². The van der Waals surface area contributed by atoms with Crippen molar-refractivity contribution >= 4 is 23.4 Å². The van der Waals surface area contributed by atoms with E-state index in [1.54, 1.807) is 6.33 Å². The van der Waals surface area contributed by atoms with Crippen LogP contribution in [0.4, 0.5) is 0 Å². The van der Waals surface area contributed by atoms with E-state index < -0.39 is 0 Å². The number of halogens is 1. The smallest absolute Gasteiger partial charge is 0.237 e. The van der Waals surface area contributed by atoms with Gasteiger partial charge in [0.15, 0.2) is 5.16 Å². The van der Waals surface area contributed by atoms with Crippen LogP contribution >= 0.6 is 23.4 Å². The summed E-state index contributed by atoms with van der Waals surface area (Å²) < 4.78 is 7.25. The lowest BCUT2D eigenvalue weighted by molar-refractivity contribution is 0.391. The van der Waals surface area contributed by atoms with Crippen molar-refractivity contribution in [1.29, 1.82) is 0 Å². The highest BCUT2D eigenvalue weighted by atomic mass is 35.5. The molecule has 8 heteroatoms. The number of aromatic nitrogens is 5. The summed E-state index contributed by atoms with van der Waals surface area (Å²) in [7, 11) is 0. The second-order valence-electron chi connectivity index (χ2n) is 6.08. The summed E-state index contributed by atoms with van der Waals surface area (Å²) in [5.41, 5.74) is 4.05. The van der Waals surface area contributed by atoms with Gasteiger partial charge in [-0.25, -0.2) is 0 Å². The van der Waals surface area contributed by atoms with Crippen LogP contribution in [-0.2, 0) is 5.75 Å². The van der Waals surface area contributed by atoms with E-state index in [4.69, 9.17) is 16.1 Å². The van der Waals surface area contributed by atoms with E-state index in [1.807, 2.05) is 60.9 Å². The highest BCUT2D eigenvalue weighted by molar-refractivity contribution is 7.98. The molecule has 0 amide bonds. The molecule has 0 saturated heterocycles. The van der Waals surface area contributed by atoms with Gasteiger partial charge in [0.1, 0.15) is 6.33 Å². The molecule has 0 bridgehead atoms. The van der Waals surface area contributed by atoms with Gasteiger partial charge in [-0.05, 0) is 31.5 Å². The maximum absolute atomic E-state index is 6.23. The van der Waals surface area contributed by atoms with Crippen LogP contribution in [0.1, 0.15) is 17.0 Å². The summed E-state index contributed by atoms with van der Waals surface area (Å²) in [6.45, 7) is 4.01. The van der Waals surface area contributed by atoms with E-state index in [1.165, 1.54) is 17.3 Å². The molecular formula is C19H16ClN5OS. The minimum Gasteiger partial charge on any atom is -0.338 e. The summed E-state index contributed by atoms with van der Waals surface area (Å²) in [6.07, 6.45) is 1.66. The fraction of sp³-hybridized carbons (Fsp3) is 0.158. The molecule has 4 rings (SSSR count). The molecule has 2 aromatic carbocycles. The zero-order valence-electron chi connectivity index (χ0n) is 14.8. The van der Waals surface area contributed by atoms with Gasteiger partial charge in [-0.3, -0.25) is 4.57 Å². The third-order valence-corrected chi connectivity index (χ3v) is 5.39. The number of thioether (sulfide) groups is 1. The summed E-state index contributed by atoms with van der Waals surface area (Å²) in [6, 6.07) is 13.9. The Labute approximate surface area is 165 Å². The third kappa shape index (κ3) is 3.89. The van der Waals surface area contributed by atoms with Gasteiger partial charge in [-0.15, -0.1) is 10.2 Å². The summed E-state index contributed by atoms with van der Waals surface area (Å²) >= 11 is 7.71. The van der Waals surface area contributed by atoms with Gasteiger partial charge in [-0.1, -0.05) is 64.4 Å². The first kappa shape index (κ1) is 17.8. The van der Waals surface area contributed by atoms with E-state index in [9.17, 15) is 0 Å². The Balaban J connectivity index is 1.49. The Morgan fingerprint density at radius 2 is 1.93 bits per heavy atom. The van der Waals surface area contributed by atoms with Gasteiger partial charge < -0.3 is 4.52 Å². The maximum atomic E-state index is 6.23. The molecule has 6 nitrogen and oxygen atoms in total. The lowest BCUT2D eigenvalue weighted by atomic mass is 10.1. The van der Waals surface area contributed by atoms with E-state index in [-0.39, 0.29) is 0 Å². The molecule has 136 valence electrons. The van der Waals surface area contributed by atoms with Crippen LogP contribution in [0.5, 0.6) is 0 Å². The Morgan fingerprint density at radius 3 is 2.70 bits per heavy atom. The van der Waals surface area contributed by atoms with Crippen molar-refractivity contribution in [3.63, 3.8) is 0 Å². The third-order valence-electron chi connectivity index (χ3n) is 4.05. The number of hydrogen-bond donors (Lipinski definition) is 0. The second-order valence-corrected chi connectivity index (χ2v) is 7.43. The molecule has 0 spiro atoms. The molecule has 0 aliphatic carbocycles. The Kier molecular flexibility index (Phi) is 4.96. The monoisotopic (exact) mass is 397 g/mol.